The molecule has 7 heteroatoms. The molecule has 0 aliphatic carbocycles. The number of benzene rings is 2. The molecule has 0 fully saturated rings. The number of Topliss-reactive ketones (excluding diaryl/α,β-unsaturated/α-hetero) is 2. The van der Waals surface area contributed by atoms with Crippen molar-refractivity contribution in [3.63, 3.8) is 0 Å². The zero-order valence-corrected chi connectivity index (χ0v) is 35.8. The van der Waals surface area contributed by atoms with Gasteiger partial charge in [0.05, 0.1) is 11.8 Å². The zero-order chi connectivity index (χ0) is 37.2. The second-order valence-electron chi connectivity index (χ2n) is 10.7. The Hall–Kier alpha value is -2.10. The number of nitrogens with zero attached hydrogens (tertiary/aromatic N) is 1. The van der Waals surface area contributed by atoms with E-state index >= 15 is 4.39 Å². The number of pyridine rings is 1. The summed E-state index contributed by atoms with van der Waals surface area (Å²) >= 11 is 0. The Balaban J connectivity index is -0.00000105. The molecular formula is C42H61FKN2O3-. The maximum atomic E-state index is 15.5. The van der Waals surface area contributed by atoms with Crippen molar-refractivity contribution < 1.29 is 70.5 Å². The van der Waals surface area contributed by atoms with Gasteiger partial charge < -0.3 is 20.0 Å². The number of nitrogens with one attached hydrogen (secondary N) is 1. The van der Waals surface area contributed by atoms with E-state index in [1.54, 1.807) is 19.2 Å². The van der Waals surface area contributed by atoms with Crippen LogP contribution in [-0.4, -0.2) is 33.8 Å². The molecule has 2 atom stereocenters. The second-order valence-corrected chi connectivity index (χ2v) is 10.7. The number of ketones is 2. The molecule has 0 aliphatic rings. The van der Waals surface area contributed by atoms with Gasteiger partial charge in [0, 0.05) is 35.7 Å². The van der Waals surface area contributed by atoms with Crippen LogP contribution in [0.15, 0.2) is 66.9 Å². The predicted molar refractivity (Wildman–Crippen MR) is 202 cm³/mol. The van der Waals surface area contributed by atoms with Crippen molar-refractivity contribution in [1.29, 1.82) is 0 Å². The molecule has 3 rings (SSSR count). The Bertz CT molecular complexity index is 1400. The summed E-state index contributed by atoms with van der Waals surface area (Å²) in [6.07, 6.45) is 9.05. The van der Waals surface area contributed by atoms with Crippen molar-refractivity contribution >= 4 is 11.6 Å². The number of allylic oxidation sites excluding steroid dienone is 3. The molecule has 1 aromatic heterocycles. The third-order valence-corrected chi connectivity index (χ3v) is 6.98. The third kappa shape index (κ3) is 19.2. The SMILES string of the molecule is C=[C-]/C(=C/C)C(C)=O.CC.CC.CC(C)=O.CCC[C@@H](NCc1ncc(-c2cccc(-c3ccc[c-]c3C)c2F)cc1CC)[C@@H](O)CC.[K+]. The minimum absolute atomic E-state index is 0. The van der Waals surface area contributed by atoms with Crippen LogP contribution in [0.4, 0.5) is 4.39 Å². The van der Waals surface area contributed by atoms with Crippen LogP contribution in [0.5, 0.6) is 0 Å². The van der Waals surface area contributed by atoms with Crippen LogP contribution < -0.4 is 56.7 Å². The monoisotopic (exact) mass is 699 g/mol. The number of aliphatic hydroxyl groups is 1. The number of hydrogen-bond acceptors (Lipinski definition) is 5. The summed E-state index contributed by atoms with van der Waals surface area (Å²) in [7, 11) is 0. The van der Waals surface area contributed by atoms with Gasteiger partial charge in [-0.15, -0.1) is 5.56 Å². The van der Waals surface area contributed by atoms with Gasteiger partial charge in [-0.05, 0) is 57.2 Å². The first-order chi connectivity index (χ1) is 22.9. The average molecular weight is 700 g/mol. The van der Waals surface area contributed by atoms with Gasteiger partial charge >= 0.3 is 51.4 Å². The Morgan fingerprint density at radius 2 is 1.61 bits per heavy atom. The standard InChI is InChI=1S/C28H34FN2O.C7H9O.C3H6O.2C2H6.K/c1-5-11-25(27(32)7-3)31-18-26-20(6-2)16-21(17-30-26)23-14-10-15-24(28(23)29)22-13-9-8-12-19(22)4;1-4-7(5-2)6(3)8;1-3(2)4;2*1-2;/h8-10,13-17,25,27,31-32H,5-7,11,18H2,1-4H3;5H,1H2,2-3H3;1-2H3;2*1-2H3;/q2*-1;;;;+1/b;7-5-;;;;/t25-,27+;;;;;/m1...../s1. The van der Waals surface area contributed by atoms with E-state index in [0.717, 1.165) is 53.6 Å². The molecule has 2 N–H and O–H groups in total. The quantitative estimate of drug-likeness (QED) is 0.0891. The summed E-state index contributed by atoms with van der Waals surface area (Å²) in [6.45, 7) is 26.4. The first-order valence-corrected chi connectivity index (χ1v) is 17.3. The first-order valence-electron chi connectivity index (χ1n) is 17.3. The minimum Gasteiger partial charge on any atom is -0.392 e. The molecule has 0 aliphatic heterocycles. The summed E-state index contributed by atoms with van der Waals surface area (Å²) < 4.78 is 15.5. The molecule has 0 saturated heterocycles. The fourth-order valence-electron chi connectivity index (χ4n) is 4.61. The van der Waals surface area contributed by atoms with Crippen LogP contribution >= 0.6 is 0 Å². The number of aromatic nitrogens is 1. The van der Waals surface area contributed by atoms with Crippen molar-refractivity contribution in [1.82, 2.24) is 10.3 Å². The molecule has 0 bridgehead atoms. The van der Waals surface area contributed by atoms with Crippen molar-refractivity contribution in [2.24, 2.45) is 0 Å². The Labute approximate surface area is 340 Å². The number of aliphatic hydroxyl groups excluding tert-OH is 1. The molecule has 5 nitrogen and oxygen atoms in total. The summed E-state index contributed by atoms with van der Waals surface area (Å²) in [6, 6.07) is 16.4. The second kappa shape index (κ2) is 30.7. The van der Waals surface area contributed by atoms with Crippen LogP contribution in [0.1, 0.15) is 112 Å². The van der Waals surface area contributed by atoms with E-state index in [0.29, 0.717) is 23.2 Å². The summed E-state index contributed by atoms with van der Waals surface area (Å²) in [5, 5.41) is 13.8. The molecular weight excluding hydrogens is 639 g/mol. The topological polar surface area (TPSA) is 79.3 Å². The Kier molecular flexibility index (Phi) is 32.1. The van der Waals surface area contributed by atoms with Crippen LogP contribution in [0, 0.1) is 24.9 Å². The number of aryl methyl sites for hydroxylation is 2. The molecule has 0 unspecified atom stereocenters. The van der Waals surface area contributed by atoms with Crippen molar-refractivity contribution in [2.45, 2.75) is 127 Å². The van der Waals surface area contributed by atoms with Crippen LogP contribution in [-0.2, 0) is 22.6 Å². The molecule has 0 radical (unpaired) electrons. The number of rotatable bonds is 12. The van der Waals surface area contributed by atoms with Crippen molar-refractivity contribution in [3.8, 4) is 22.3 Å². The molecule has 2 aromatic carbocycles. The number of halogens is 1. The summed E-state index contributed by atoms with van der Waals surface area (Å²) in [4.78, 5) is 24.6. The summed E-state index contributed by atoms with van der Waals surface area (Å²) in [5.74, 6) is -0.0542. The first kappa shape index (κ1) is 51.3. The minimum atomic E-state index is -0.366. The predicted octanol–water partition coefficient (Wildman–Crippen LogP) is 7.42. The van der Waals surface area contributed by atoms with Crippen molar-refractivity contribution in [3.05, 3.63) is 102 Å². The van der Waals surface area contributed by atoms with E-state index in [9.17, 15) is 14.7 Å². The smallest absolute Gasteiger partial charge is 0.392 e. The van der Waals surface area contributed by atoms with E-state index in [-0.39, 0.29) is 80.9 Å². The Morgan fingerprint density at radius 1 is 1.04 bits per heavy atom. The summed E-state index contributed by atoms with van der Waals surface area (Å²) in [5.41, 5.74) is 6.29. The molecule has 1 heterocycles. The third-order valence-electron chi connectivity index (χ3n) is 6.98. The molecule has 0 amide bonds. The molecule has 266 valence electrons. The number of carbonyl (C=O) groups excluding carboxylic acids is 2. The van der Waals surface area contributed by atoms with Gasteiger partial charge in [0.15, 0.2) is 0 Å². The van der Waals surface area contributed by atoms with Gasteiger partial charge in [-0.1, -0.05) is 86.9 Å². The van der Waals surface area contributed by atoms with Crippen LogP contribution in [0.2, 0.25) is 0 Å². The van der Waals surface area contributed by atoms with Gasteiger partial charge in [0.25, 0.3) is 0 Å². The maximum Gasteiger partial charge on any atom is 1.00 e. The Morgan fingerprint density at radius 3 is 2.06 bits per heavy atom. The van der Waals surface area contributed by atoms with Crippen LogP contribution in [0.25, 0.3) is 22.3 Å². The maximum absolute atomic E-state index is 15.5. The van der Waals surface area contributed by atoms with E-state index in [1.807, 2.05) is 84.0 Å². The average Bonchev–Trinajstić information content (AvgIpc) is 3.09. The van der Waals surface area contributed by atoms with Gasteiger partial charge in [-0.2, -0.15) is 54.1 Å². The van der Waals surface area contributed by atoms with E-state index < -0.39 is 0 Å². The normalized spacial score (nSPS) is 11.2. The molecule has 0 spiro atoms. The van der Waals surface area contributed by atoms with Gasteiger partial charge in [-0.3, -0.25) is 4.98 Å². The fourth-order valence-corrected chi connectivity index (χ4v) is 4.61. The van der Waals surface area contributed by atoms with Crippen molar-refractivity contribution in [2.75, 3.05) is 0 Å². The van der Waals surface area contributed by atoms with E-state index in [4.69, 9.17) is 0 Å². The fraction of sp³-hybridized carbons (Fsp3) is 0.452. The molecule has 0 saturated carbocycles. The zero-order valence-electron chi connectivity index (χ0n) is 32.7. The van der Waals surface area contributed by atoms with Gasteiger partial charge in [-0.25, -0.2) is 4.39 Å². The number of hydrogen-bond donors (Lipinski definition) is 2. The van der Waals surface area contributed by atoms with Crippen LogP contribution in [0.3, 0.4) is 0 Å². The van der Waals surface area contributed by atoms with Gasteiger partial charge in [0.1, 0.15) is 11.6 Å². The molecule has 3 aromatic rings. The molecule has 49 heavy (non-hydrogen) atoms. The number of carbonyl (C=O) groups is 2. The van der Waals surface area contributed by atoms with E-state index in [1.165, 1.54) is 20.8 Å². The van der Waals surface area contributed by atoms with Gasteiger partial charge in [0.2, 0.25) is 0 Å². The van der Waals surface area contributed by atoms with E-state index in [2.05, 4.69) is 42.9 Å². The largest absolute Gasteiger partial charge is 1.00 e.